The molecule has 0 spiro atoms. The number of aromatic nitrogens is 3. The Labute approximate surface area is 118 Å². The molecule has 1 aromatic heterocycles. The molecule has 1 saturated heterocycles. The van der Waals surface area contributed by atoms with Crippen molar-refractivity contribution in [1.29, 1.82) is 0 Å². The Hall–Kier alpha value is -1.59. The molecular formula is C14H22N4O2. The second-order valence-electron chi connectivity index (χ2n) is 5.87. The van der Waals surface area contributed by atoms with Crippen LogP contribution in [0.3, 0.4) is 0 Å². The minimum absolute atomic E-state index is 0.00886. The van der Waals surface area contributed by atoms with Crippen LogP contribution < -0.4 is 5.69 Å². The molecule has 1 saturated carbocycles. The van der Waals surface area contributed by atoms with E-state index in [4.69, 9.17) is 0 Å². The minimum atomic E-state index is 0.00886. The standard InChI is InChI=1S/C14H22N4O2/c1-3-12(19)17-8-6-10(7-9-17)13-15-16(2)14(20)18(13)11-4-5-11/h10-11H,3-9H2,1-2H3. The Morgan fingerprint density at radius 3 is 2.45 bits per heavy atom. The lowest BCUT2D eigenvalue weighted by molar-refractivity contribution is -0.131. The van der Waals surface area contributed by atoms with Crippen LogP contribution >= 0.6 is 0 Å². The van der Waals surface area contributed by atoms with Gasteiger partial charge in [-0.05, 0) is 25.7 Å². The number of rotatable bonds is 3. The Balaban J connectivity index is 1.77. The summed E-state index contributed by atoms with van der Waals surface area (Å²) >= 11 is 0. The summed E-state index contributed by atoms with van der Waals surface area (Å²) in [7, 11) is 1.72. The zero-order valence-electron chi connectivity index (χ0n) is 12.2. The SMILES string of the molecule is CCC(=O)N1CCC(c2nn(C)c(=O)n2C2CC2)CC1. The van der Waals surface area contributed by atoms with Crippen LogP contribution in [0.15, 0.2) is 4.79 Å². The van der Waals surface area contributed by atoms with Crippen molar-refractivity contribution in [3.05, 3.63) is 16.3 Å². The number of carbonyl (C=O) groups is 1. The van der Waals surface area contributed by atoms with Gasteiger partial charge < -0.3 is 4.90 Å². The third-order valence-corrected chi connectivity index (χ3v) is 4.41. The number of aryl methyl sites for hydroxylation is 1. The molecule has 2 heterocycles. The molecule has 1 aliphatic carbocycles. The molecule has 2 aliphatic rings. The summed E-state index contributed by atoms with van der Waals surface area (Å²) in [5.41, 5.74) is 0.00886. The zero-order valence-corrected chi connectivity index (χ0v) is 12.2. The summed E-state index contributed by atoms with van der Waals surface area (Å²) in [6, 6.07) is 0.363. The largest absolute Gasteiger partial charge is 0.345 e. The van der Waals surface area contributed by atoms with E-state index >= 15 is 0 Å². The van der Waals surface area contributed by atoms with E-state index in [-0.39, 0.29) is 11.6 Å². The Kier molecular flexibility index (Phi) is 3.40. The van der Waals surface area contributed by atoms with Crippen molar-refractivity contribution >= 4 is 5.91 Å². The lowest BCUT2D eigenvalue weighted by Gasteiger charge is -2.31. The van der Waals surface area contributed by atoms with Gasteiger partial charge in [0.1, 0.15) is 5.82 Å². The molecule has 0 radical (unpaired) electrons. The molecule has 0 bridgehead atoms. The average molecular weight is 278 g/mol. The van der Waals surface area contributed by atoms with Gasteiger partial charge in [0, 0.05) is 38.5 Å². The fraction of sp³-hybridized carbons (Fsp3) is 0.786. The molecular weight excluding hydrogens is 256 g/mol. The normalized spacial score (nSPS) is 20.4. The van der Waals surface area contributed by atoms with Crippen molar-refractivity contribution in [2.24, 2.45) is 7.05 Å². The van der Waals surface area contributed by atoms with Gasteiger partial charge in [0.25, 0.3) is 0 Å². The first-order valence-corrected chi connectivity index (χ1v) is 7.55. The molecule has 0 N–H and O–H groups in total. The zero-order chi connectivity index (χ0) is 14.3. The maximum atomic E-state index is 12.1. The van der Waals surface area contributed by atoms with Gasteiger partial charge in [-0.15, -0.1) is 0 Å². The van der Waals surface area contributed by atoms with Crippen molar-refractivity contribution in [2.75, 3.05) is 13.1 Å². The van der Waals surface area contributed by atoms with Crippen LogP contribution in [0.5, 0.6) is 0 Å². The van der Waals surface area contributed by atoms with E-state index in [9.17, 15) is 9.59 Å². The van der Waals surface area contributed by atoms with E-state index in [1.807, 2.05) is 16.4 Å². The Morgan fingerprint density at radius 2 is 1.90 bits per heavy atom. The molecule has 0 aromatic carbocycles. The third-order valence-electron chi connectivity index (χ3n) is 4.41. The predicted octanol–water partition coefficient (Wildman–Crippen LogP) is 1.03. The van der Waals surface area contributed by atoms with E-state index in [0.717, 1.165) is 44.6 Å². The van der Waals surface area contributed by atoms with Gasteiger partial charge in [-0.1, -0.05) is 6.92 Å². The molecule has 2 fully saturated rings. The Bertz CT molecular complexity index is 562. The Morgan fingerprint density at radius 1 is 1.25 bits per heavy atom. The molecule has 3 rings (SSSR count). The highest BCUT2D eigenvalue weighted by Gasteiger charge is 2.33. The summed E-state index contributed by atoms with van der Waals surface area (Å²) in [4.78, 5) is 25.8. The smallest absolute Gasteiger partial charge is 0.343 e. The lowest BCUT2D eigenvalue weighted by atomic mass is 9.95. The molecule has 0 unspecified atom stereocenters. The van der Waals surface area contributed by atoms with E-state index in [1.54, 1.807) is 7.05 Å². The molecule has 6 nitrogen and oxygen atoms in total. The second kappa shape index (κ2) is 5.07. The predicted molar refractivity (Wildman–Crippen MR) is 74.6 cm³/mol. The van der Waals surface area contributed by atoms with E-state index in [2.05, 4.69) is 5.10 Å². The van der Waals surface area contributed by atoms with Gasteiger partial charge in [0.2, 0.25) is 5.91 Å². The van der Waals surface area contributed by atoms with Crippen molar-refractivity contribution in [2.45, 2.75) is 51.0 Å². The highest BCUT2D eigenvalue weighted by Crippen LogP contribution is 2.37. The summed E-state index contributed by atoms with van der Waals surface area (Å²) < 4.78 is 3.35. The second-order valence-corrected chi connectivity index (χ2v) is 5.87. The first-order valence-electron chi connectivity index (χ1n) is 7.55. The summed E-state index contributed by atoms with van der Waals surface area (Å²) in [6.45, 7) is 3.47. The van der Waals surface area contributed by atoms with Gasteiger partial charge in [0.05, 0.1) is 0 Å². The molecule has 0 atom stereocenters. The number of nitrogens with zero attached hydrogens (tertiary/aromatic N) is 4. The highest BCUT2D eigenvalue weighted by atomic mass is 16.2. The van der Waals surface area contributed by atoms with Crippen molar-refractivity contribution < 1.29 is 4.79 Å². The number of hydrogen-bond acceptors (Lipinski definition) is 3. The molecule has 1 amide bonds. The van der Waals surface area contributed by atoms with Crippen molar-refractivity contribution in [3.63, 3.8) is 0 Å². The van der Waals surface area contributed by atoms with Crippen molar-refractivity contribution in [3.8, 4) is 0 Å². The van der Waals surface area contributed by atoms with Gasteiger partial charge >= 0.3 is 5.69 Å². The molecule has 110 valence electrons. The molecule has 20 heavy (non-hydrogen) atoms. The number of likely N-dealkylation sites (tertiary alicyclic amines) is 1. The number of piperidine rings is 1. The molecule has 1 aromatic rings. The fourth-order valence-electron chi connectivity index (χ4n) is 3.06. The van der Waals surface area contributed by atoms with Crippen LogP contribution in [0.2, 0.25) is 0 Å². The quantitative estimate of drug-likeness (QED) is 0.830. The maximum absolute atomic E-state index is 12.1. The lowest BCUT2D eigenvalue weighted by Crippen LogP contribution is -2.38. The van der Waals surface area contributed by atoms with Crippen molar-refractivity contribution in [1.82, 2.24) is 19.2 Å². The number of carbonyl (C=O) groups excluding carboxylic acids is 1. The average Bonchev–Trinajstić information content (AvgIpc) is 3.26. The van der Waals surface area contributed by atoms with Gasteiger partial charge in [0.15, 0.2) is 0 Å². The first-order chi connectivity index (χ1) is 9.61. The van der Waals surface area contributed by atoms with E-state index < -0.39 is 0 Å². The molecule has 6 heteroatoms. The first kappa shape index (κ1) is 13.4. The van der Waals surface area contributed by atoms with Crippen LogP contribution in [-0.4, -0.2) is 38.2 Å². The maximum Gasteiger partial charge on any atom is 0.345 e. The van der Waals surface area contributed by atoms with Crippen LogP contribution in [0.4, 0.5) is 0 Å². The third kappa shape index (κ3) is 2.27. The minimum Gasteiger partial charge on any atom is -0.343 e. The van der Waals surface area contributed by atoms with Crippen LogP contribution in [0.1, 0.15) is 56.8 Å². The summed E-state index contributed by atoms with van der Waals surface area (Å²) in [5.74, 6) is 1.47. The topological polar surface area (TPSA) is 60.1 Å². The molecule has 1 aliphatic heterocycles. The summed E-state index contributed by atoms with van der Waals surface area (Å²) in [5, 5.41) is 4.45. The van der Waals surface area contributed by atoms with Gasteiger partial charge in [-0.3, -0.25) is 9.36 Å². The monoisotopic (exact) mass is 278 g/mol. The van der Waals surface area contributed by atoms with E-state index in [1.165, 1.54) is 4.68 Å². The summed E-state index contributed by atoms with van der Waals surface area (Å²) in [6.07, 6.45) is 4.57. The number of amides is 1. The van der Waals surface area contributed by atoms with Gasteiger partial charge in [-0.2, -0.15) is 5.10 Å². The highest BCUT2D eigenvalue weighted by molar-refractivity contribution is 5.75. The fourth-order valence-corrected chi connectivity index (χ4v) is 3.06. The number of hydrogen-bond donors (Lipinski definition) is 0. The van der Waals surface area contributed by atoms with E-state index in [0.29, 0.717) is 18.4 Å². The van der Waals surface area contributed by atoms with Crippen LogP contribution in [0, 0.1) is 0 Å². The van der Waals surface area contributed by atoms with Crippen LogP contribution in [0.25, 0.3) is 0 Å². The van der Waals surface area contributed by atoms with Gasteiger partial charge in [-0.25, -0.2) is 9.48 Å². The van der Waals surface area contributed by atoms with Crippen LogP contribution in [-0.2, 0) is 11.8 Å².